The van der Waals surface area contributed by atoms with Gasteiger partial charge in [0.25, 0.3) is 0 Å². The van der Waals surface area contributed by atoms with Crippen molar-refractivity contribution in [3.63, 3.8) is 0 Å². The molecule has 0 aliphatic carbocycles. The Labute approximate surface area is 163 Å². The fourth-order valence-electron chi connectivity index (χ4n) is 2.79. The lowest BCUT2D eigenvalue weighted by atomic mass is 10.0. The van der Waals surface area contributed by atoms with Crippen LogP contribution in [0.3, 0.4) is 0 Å². The van der Waals surface area contributed by atoms with Crippen molar-refractivity contribution in [2.75, 3.05) is 0 Å². The Balaban J connectivity index is 1.85. The number of halogens is 1. The van der Waals surface area contributed by atoms with Crippen LogP contribution in [0.4, 0.5) is 0 Å². The third-order valence-corrected chi connectivity index (χ3v) is 8.42. The molecular formula is C19H13ClO5S2. The predicted molar refractivity (Wildman–Crippen MR) is 100 cm³/mol. The topological polar surface area (TPSA) is 98.6 Å². The van der Waals surface area contributed by atoms with Crippen molar-refractivity contribution < 1.29 is 33.1 Å². The first-order chi connectivity index (χ1) is 12.9. The molecule has 0 fully saturated rings. The second-order valence-electron chi connectivity index (χ2n) is 5.68. The quantitative estimate of drug-likeness (QED) is 0.511. The fraction of sp³-hybridized carbons (Fsp3) is 0. The summed E-state index contributed by atoms with van der Waals surface area (Å²) in [5.41, 5.74) is 1.31. The van der Waals surface area contributed by atoms with Crippen LogP contribution < -0.4 is 14.0 Å². The molecule has 0 amide bonds. The normalized spacial score (nSPS) is 17.4. The highest BCUT2D eigenvalue weighted by Gasteiger charge is 2.32. The van der Waals surface area contributed by atoms with Gasteiger partial charge in [-0.05, 0) is 33.9 Å². The Hall–Kier alpha value is -1.84. The summed E-state index contributed by atoms with van der Waals surface area (Å²) in [4.78, 5) is 1.22. The Morgan fingerprint density at radius 1 is 0.889 bits per heavy atom. The highest BCUT2D eigenvalue weighted by molar-refractivity contribution is 8.85. The number of hydrogen-bond donors (Lipinski definition) is 1. The van der Waals surface area contributed by atoms with Gasteiger partial charge in [-0.25, -0.2) is 0 Å². The van der Waals surface area contributed by atoms with Crippen LogP contribution in [0.25, 0.3) is 15.7 Å². The van der Waals surface area contributed by atoms with Crippen LogP contribution in [0.2, 0.25) is 0 Å². The SMILES string of the molecule is [O-][Cl+3]([O-])([O-])OS1=C(c2ccc3ccccc3c2O)C=C(c2ccccc2)S1. The van der Waals surface area contributed by atoms with Gasteiger partial charge in [0, 0.05) is 15.9 Å². The number of aromatic hydroxyl groups is 1. The molecule has 138 valence electrons. The molecule has 3 aromatic carbocycles. The molecule has 1 heterocycles. The van der Waals surface area contributed by atoms with Crippen molar-refractivity contribution in [1.29, 1.82) is 0 Å². The maximum Gasteiger partial charge on any atom is 0.180 e. The largest absolute Gasteiger partial charge is 0.507 e. The van der Waals surface area contributed by atoms with Crippen LogP contribution in [0, 0.1) is 10.2 Å². The van der Waals surface area contributed by atoms with Gasteiger partial charge in [0.1, 0.15) is 9.49 Å². The summed E-state index contributed by atoms with van der Waals surface area (Å²) in [5.74, 6) is 0.0234. The molecule has 1 aliphatic rings. The van der Waals surface area contributed by atoms with Gasteiger partial charge < -0.3 is 5.11 Å². The van der Waals surface area contributed by atoms with E-state index >= 15 is 0 Å². The van der Waals surface area contributed by atoms with Crippen molar-refractivity contribution in [3.8, 4) is 5.75 Å². The molecule has 1 aliphatic heterocycles. The molecular weight excluding hydrogens is 408 g/mol. The molecule has 5 nitrogen and oxygen atoms in total. The van der Waals surface area contributed by atoms with Crippen molar-refractivity contribution in [2.24, 2.45) is 0 Å². The molecule has 4 rings (SSSR count). The summed E-state index contributed by atoms with van der Waals surface area (Å²) in [6.45, 7) is 0. The van der Waals surface area contributed by atoms with Gasteiger partial charge in [-0.15, -0.1) is 0 Å². The highest BCUT2D eigenvalue weighted by Crippen LogP contribution is 2.52. The zero-order valence-electron chi connectivity index (χ0n) is 13.7. The number of rotatable bonds is 4. The zero-order valence-corrected chi connectivity index (χ0v) is 16.1. The predicted octanol–water partition coefficient (Wildman–Crippen LogP) is 1.87. The smallest absolute Gasteiger partial charge is 0.180 e. The van der Waals surface area contributed by atoms with Gasteiger partial charge in [-0.1, -0.05) is 60.7 Å². The van der Waals surface area contributed by atoms with Gasteiger partial charge in [-0.2, -0.15) is 14.0 Å². The molecule has 1 N–H and O–H groups in total. The monoisotopic (exact) mass is 420 g/mol. The van der Waals surface area contributed by atoms with E-state index in [0.29, 0.717) is 15.8 Å². The van der Waals surface area contributed by atoms with Crippen LogP contribution in [-0.2, 0) is 3.74 Å². The highest BCUT2D eigenvalue weighted by atomic mass is 35.7. The number of allylic oxidation sites excluding steroid dienone is 1. The summed E-state index contributed by atoms with van der Waals surface area (Å²) in [6.07, 6.45) is 1.76. The van der Waals surface area contributed by atoms with E-state index in [1.165, 1.54) is 0 Å². The number of hydrogen-bond acceptors (Lipinski definition) is 6. The minimum Gasteiger partial charge on any atom is -0.507 e. The maximum absolute atomic E-state index is 11.2. The van der Waals surface area contributed by atoms with E-state index in [9.17, 15) is 19.1 Å². The van der Waals surface area contributed by atoms with Gasteiger partial charge in [0.05, 0.1) is 15.1 Å². The number of fused-ring (bicyclic) bond motifs is 1. The third-order valence-electron chi connectivity index (χ3n) is 3.97. The molecule has 27 heavy (non-hydrogen) atoms. The first-order valence-electron chi connectivity index (χ1n) is 7.81. The molecule has 0 spiro atoms. The molecule has 1 unspecified atom stereocenters. The number of benzene rings is 3. The number of phenolic OH excluding ortho intramolecular Hbond substituents is 1. The first-order valence-corrected chi connectivity index (χ1v) is 11.5. The van der Waals surface area contributed by atoms with E-state index in [-0.39, 0.29) is 5.75 Å². The second kappa shape index (κ2) is 7.29. The molecule has 1 atom stereocenters. The van der Waals surface area contributed by atoms with Crippen LogP contribution in [-0.4, -0.2) is 9.97 Å². The molecule has 8 heteroatoms. The number of phenols is 1. The average molecular weight is 421 g/mol. The molecule has 0 aromatic heterocycles. The Bertz CT molecular complexity index is 1070. The van der Waals surface area contributed by atoms with E-state index < -0.39 is 20.0 Å². The lowest BCUT2D eigenvalue weighted by Crippen LogP contribution is -2.60. The van der Waals surface area contributed by atoms with Crippen molar-refractivity contribution >= 4 is 41.1 Å². The van der Waals surface area contributed by atoms with E-state index in [0.717, 1.165) is 26.6 Å². The lowest BCUT2D eigenvalue weighted by molar-refractivity contribution is -1.91. The minimum atomic E-state index is -4.61. The summed E-state index contributed by atoms with van der Waals surface area (Å²) in [5, 5.41) is 12.2. The van der Waals surface area contributed by atoms with E-state index in [4.69, 9.17) is 3.74 Å². The van der Waals surface area contributed by atoms with Crippen molar-refractivity contribution in [1.82, 2.24) is 0 Å². The van der Waals surface area contributed by atoms with E-state index in [2.05, 4.69) is 0 Å². The molecule has 3 aromatic rings. The van der Waals surface area contributed by atoms with Crippen LogP contribution in [0.5, 0.6) is 5.75 Å². The molecule has 0 saturated heterocycles. The van der Waals surface area contributed by atoms with Crippen molar-refractivity contribution in [3.05, 3.63) is 83.9 Å². The zero-order chi connectivity index (χ0) is 19.0. The minimum absolute atomic E-state index is 0.0234. The van der Waals surface area contributed by atoms with E-state index in [1.54, 1.807) is 18.2 Å². The van der Waals surface area contributed by atoms with Crippen molar-refractivity contribution in [2.45, 2.75) is 0 Å². The third kappa shape index (κ3) is 3.90. The summed E-state index contributed by atoms with van der Waals surface area (Å²) in [6, 6.07) is 20.2. The van der Waals surface area contributed by atoms with E-state index in [1.807, 2.05) is 54.6 Å². The standard InChI is InChI=1S/C19H13ClO5S2/c21-19-15-9-5-4-6-13(15)10-11-16(19)18-12-17(14-7-2-1-3-8-14)26-27(18)25-20(22,23)24/h1-12,21H. The Morgan fingerprint density at radius 3 is 2.33 bits per heavy atom. The average Bonchev–Trinajstić information content (AvgIpc) is 3.05. The fourth-order valence-corrected chi connectivity index (χ4v) is 7.41. The molecule has 0 radical (unpaired) electrons. The lowest BCUT2D eigenvalue weighted by Gasteiger charge is -2.14. The summed E-state index contributed by atoms with van der Waals surface area (Å²) >= 11 is 0. The van der Waals surface area contributed by atoms with Gasteiger partial charge in [-0.3, -0.25) is 0 Å². The van der Waals surface area contributed by atoms with Crippen LogP contribution >= 0.6 is 20.6 Å². The maximum atomic E-state index is 11.2. The van der Waals surface area contributed by atoms with Gasteiger partial charge >= 0.3 is 0 Å². The second-order valence-corrected chi connectivity index (χ2v) is 9.86. The van der Waals surface area contributed by atoms with Crippen LogP contribution in [0.1, 0.15) is 11.1 Å². The van der Waals surface area contributed by atoms with Gasteiger partial charge in [0.2, 0.25) is 0 Å². The van der Waals surface area contributed by atoms with Crippen LogP contribution in [0.15, 0.2) is 72.8 Å². The first kappa shape index (κ1) is 18.5. The van der Waals surface area contributed by atoms with Gasteiger partial charge in [0.15, 0.2) is 9.80 Å². The Morgan fingerprint density at radius 2 is 1.59 bits per heavy atom. The molecule has 0 saturated carbocycles. The summed E-state index contributed by atoms with van der Waals surface area (Å²) < 4.78 is 38.3. The Kier molecular flexibility index (Phi) is 5.00. The molecule has 0 bridgehead atoms. The summed E-state index contributed by atoms with van der Waals surface area (Å²) in [7, 11) is -4.87.